The second kappa shape index (κ2) is 8.36. The molecule has 8 heteroatoms. The van der Waals surface area contributed by atoms with Crippen LogP contribution in [0.15, 0.2) is 0 Å². The van der Waals surface area contributed by atoms with Crippen LogP contribution in [-0.2, 0) is 14.3 Å². The molecule has 1 aliphatic carbocycles. The van der Waals surface area contributed by atoms with Crippen LogP contribution < -0.4 is 16.0 Å². The molecule has 20 heavy (non-hydrogen) atoms. The summed E-state index contributed by atoms with van der Waals surface area (Å²) in [6, 6.07) is -0.418. The monoisotopic (exact) mass is 287 g/mol. The van der Waals surface area contributed by atoms with Gasteiger partial charge in [-0.15, -0.1) is 0 Å². The van der Waals surface area contributed by atoms with E-state index in [4.69, 9.17) is 9.84 Å². The van der Waals surface area contributed by atoms with Crippen LogP contribution in [0.1, 0.15) is 19.3 Å². The zero-order chi connectivity index (χ0) is 15.0. The highest BCUT2D eigenvalue weighted by atomic mass is 16.5. The molecule has 8 nitrogen and oxygen atoms in total. The molecule has 0 aromatic heterocycles. The van der Waals surface area contributed by atoms with E-state index in [9.17, 15) is 14.4 Å². The van der Waals surface area contributed by atoms with Gasteiger partial charge in [-0.3, -0.25) is 9.59 Å². The fraction of sp³-hybridized carbons (Fsp3) is 0.750. The zero-order valence-electron chi connectivity index (χ0n) is 11.5. The number of ether oxygens (including phenoxy) is 1. The van der Waals surface area contributed by atoms with Crippen molar-refractivity contribution in [3.8, 4) is 0 Å². The molecule has 1 rings (SSSR count). The number of nitrogens with one attached hydrogen (secondary N) is 3. The third-order valence-electron chi connectivity index (χ3n) is 2.88. The van der Waals surface area contributed by atoms with Crippen LogP contribution >= 0.6 is 0 Å². The van der Waals surface area contributed by atoms with E-state index in [0.717, 1.165) is 12.8 Å². The lowest BCUT2D eigenvalue weighted by Crippen LogP contribution is -2.43. The maximum Gasteiger partial charge on any atom is 0.314 e. The minimum absolute atomic E-state index is 0.0353. The maximum atomic E-state index is 11.4. The van der Waals surface area contributed by atoms with E-state index >= 15 is 0 Å². The Morgan fingerprint density at radius 3 is 2.40 bits per heavy atom. The van der Waals surface area contributed by atoms with Crippen molar-refractivity contribution in [2.24, 2.45) is 5.92 Å². The van der Waals surface area contributed by atoms with Crippen molar-refractivity contribution in [3.05, 3.63) is 0 Å². The Bertz CT molecular complexity index is 357. The summed E-state index contributed by atoms with van der Waals surface area (Å²) in [5.74, 6) is -0.794. The topological polar surface area (TPSA) is 117 Å². The van der Waals surface area contributed by atoms with Crippen molar-refractivity contribution in [2.75, 3.05) is 26.7 Å². The molecule has 4 N–H and O–H groups in total. The van der Waals surface area contributed by atoms with Crippen molar-refractivity contribution in [2.45, 2.75) is 25.4 Å². The summed E-state index contributed by atoms with van der Waals surface area (Å²) in [5.41, 5.74) is 0. The van der Waals surface area contributed by atoms with Crippen molar-refractivity contribution in [1.82, 2.24) is 16.0 Å². The molecule has 0 spiro atoms. The Morgan fingerprint density at radius 1 is 1.20 bits per heavy atom. The molecule has 0 heterocycles. The second-order valence-corrected chi connectivity index (χ2v) is 4.66. The van der Waals surface area contributed by atoms with Crippen molar-refractivity contribution in [1.29, 1.82) is 0 Å². The van der Waals surface area contributed by atoms with E-state index in [-0.39, 0.29) is 24.8 Å². The predicted octanol–water partition coefficient (Wildman–Crippen LogP) is -0.698. The normalized spacial score (nSPS) is 15.2. The molecular weight excluding hydrogens is 266 g/mol. The molecule has 0 aromatic rings. The second-order valence-electron chi connectivity index (χ2n) is 4.66. The van der Waals surface area contributed by atoms with Crippen LogP contribution in [0, 0.1) is 5.92 Å². The van der Waals surface area contributed by atoms with Crippen LogP contribution in [0.2, 0.25) is 0 Å². The molecule has 0 saturated heterocycles. The molecule has 114 valence electrons. The largest absolute Gasteiger partial charge is 0.481 e. The predicted molar refractivity (Wildman–Crippen MR) is 70.2 cm³/mol. The average Bonchev–Trinajstić information content (AvgIpc) is 3.23. The first-order chi connectivity index (χ1) is 9.52. The van der Waals surface area contributed by atoms with Gasteiger partial charge < -0.3 is 25.8 Å². The van der Waals surface area contributed by atoms with Gasteiger partial charge in [0.25, 0.3) is 0 Å². The van der Waals surface area contributed by atoms with E-state index in [2.05, 4.69) is 16.0 Å². The minimum atomic E-state index is -0.984. The number of carbonyl (C=O) groups is 3. The van der Waals surface area contributed by atoms with Crippen LogP contribution in [0.3, 0.4) is 0 Å². The lowest BCUT2D eigenvalue weighted by atomic mass is 10.2. The Balaban J connectivity index is 2.03. The zero-order valence-corrected chi connectivity index (χ0v) is 11.5. The summed E-state index contributed by atoms with van der Waals surface area (Å²) in [5, 5.41) is 16.4. The van der Waals surface area contributed by atoms with Gasteiger partial charge in [0.1, 0.15) is 0 Å². The molecule has 1 saturated carbocycles. The van der Waals surface area contributed by atoms with Crippen molar-refractivity contribution < 1.29 is 24.2 Å². The maximum absolute atomic E-state index is 11.4. The highest BCUT2D eigenvalue weighted by Gasteiger charge is 2.28. The number of urea groups is 1. The third-order valence-corrected chi connectivity index (χ3v) is 2.88. The van der Waals surface area contributed by atoms with E-state index < -0.39 is 18.1 Å². The molecule has 0 aromatic carbocycles. The van der Waals surface area contributed by atoms with Crippen LogP contribution in [0.4, 0.5) is 4.79 Å². The average molecular weight is 287 g/mol. The number of carboxylic acids is 1. The summed E-state index contributed by atoms with van der Waals surface area (Å²) in [4.78, 5) is 33.2. The number of carbonyl (C=O) groups excluding carboxylic acids is 2. The van der Waals surface area contributed by atoms with Gasteiger partial charge in [0.05, 0.1) is 12.5 Å². The van der Waals surface area contributed by atoms with Gasteiger partial charge in [-0.2, -0.15) is 0 Å². The van der Waals surface area contributed by atoms with Gasteiger partial charge in [0.15, 0.2) is 0 Å². The molecule has 1 fully saturated rings. The van der Waals surface area contributed by atoms with Crippen molar-refractivity contribution >= 4 is 17.9 Å². The highest BCUT2D eigenvalue weighted by Crippen LogP contribution is 2.28. The van der Waals surface area contributed by atoms with Gasteiger partial charge in [0.2, 0.25) is 5.91 Å². The number of rotatable bonds is 9. The summed E-state index contributed by atoms with van der Waals surface area (Å²) < 4.78 is 4.92. The summed E-state index contributed by atoms with van der Waals surface area (Å²) in [6.07, 6.45) is 1.16. The number of hydrogen-bond acceptors (Lipinski definition) is 4. The standard InChI is InChI=1S/C12H21N3O5/c1-20-9(6-10(16)17)7-15-12(19)14-5-4-13-11(18)8-2-3-8/h8-9H,2-7H2,1H3,(H,13,18)(H,16,17)(H2,14,15,19). The van der Waals surface area contributed by atoms with Gasteiger partial charge in [-0.25, -0.2) is 4.79 Å². The van der Waals surface area contributed by atoms with E-state index in [1.165, 1.54) is 7.11 Å². The quantitative estimate of drug-likeness (QED) is 0.418. The molecule has 0 radical (unpaired) electrons. The SMILES string of the molecule is COC(CNC(=O)NCCNC(=O)C1CC1)CC(=O)O. The molecule has 3 amide bonds. The number of methoxy groups -OCH3 is 1. The third kappa shape index (κ3) is 6.93. The molecule has 0 aliphatic heterocycles. The Morgan fingerprint density at radius 2 is 1.85 bits per heavy atom. The Hall–Kier alpha value is -1.83. The number of aliphatic carboxylic acids is 1. The Kier molecular flexibility index (Phi) is 6.78. The molecule has 1 unspecified atom stereocenters. The molecule has 0 bridgehead atoms. The van der Waals surface area contributed by atoms with Crippen molar-refractivity contribution in [3.63, 3.8) is 0 Å². The summed E-state index contributed by atoms with van der Waals surface area (Å²) in [6.45, 7) is 0.815. The lowest BCUT2D eigenvalue weighted by molar-refractivity contribution is -0.139. The van der Waals surface area contributed by atoms with E-state index in [1.54, 1.807) is 0 Å². The number of carboxylic acid groups (broad SMARTS) is 1. The molecular formula is C12H21N3O5. The van der Waals surface area contributed by atoms with Gasteiger partial charge in [-0.05, 0) is 12.8 Å². The number of hydrogen-bond donors (Lipinski definition) is 4. The Labute approximate surface area is 117 Å². The lowest BCUT2D eigenvalue weighted by Gasteiger charge is -2.14. The van der Waals surface area contributed by atoms with E-state index in [0.29, 0.717) is 13.1 Å². The fourth-order valence-corrected chi connectivity index (χ4v) is 1.55. The molecule has 1 aliphatic rings. The summed E-state index contributed by atoms with van der Waals surface area (Å²) in [7, 11) is 1.39. The highest BCUT2D eigenvalue weighted by molar-refractivity contribution is 5.80. The molecule has 1 atom stereocenters. The van der Waals surface area contributed by atoms with Gasteiger partial charge in [0, 0.05) is 32.7 Å². The first-order valence-electron chi connectivity index (χ1n) is 6.57. The summed E-state index contributed by atoms with van der Waals surface area (Å²) >= 11 is 0. The smallest absolute Gasteiger partial charge is 0.314 e. The van der Waals surface area contributed by atoms with Gasteiger partial charge >= 0.3 is 12.0 Å². The van der Waals surface area contributed by atoms with E-state index in [1.807, 2.05) is 0 Å². The minimum Gasteiger partial charge on any atom is -0.481 e. The van der Waals surface area contributed by atoms with Crippen LogP contribution in [-0.4, -0.2) is 55.9 Å². The first kappa shape index (κ1) is 16.2. The first-order valence-corrected chi connectivity index (χ1v) is 6.57. The van der Waals surface area contributed by atoms with Crippen LogP contribution in [0.25, 0.3) is 0 Å². The van der Waals surface area contributed by atoms with Gasteiger partial charge in [-0.1, -0.05) is 0 Å². The number of amides is 3. The van der Waals surface area contributed by atoms with Crippen LogP contribution in [0.5, 0.6) is 0 Å². The fourth-order valence-electron chi connectivity index (χ4n) is 1.55.